The Balaban J connectivity index is 1.89. The molecule has 0 bridgehead atoms. The van der Waals surface area contributed by atoms with E-state index in [2.05, 4.69) is 0 Å². The van der Waals surface area contributed by atoms with Crippen LogP contribution in [-0.2, 0) is 0 Å². The molecule has 2 nitrogen and oxygen atoms in total. The van der Waals surface area contributed by atoms with E-state index in [-0.39, 0.29) is 11.7 Å². The fourth-order valence-electron chi connectivity index (χ4n) is 2.49. The van der Waals surface area contributed by atoms with Gasteiger partial charge in [-0.1, -0.05) is 6.07 Å². The number of rotatable bonds is 4. The van der Waals surface area contributed by atoms with Crippen LogP contribution in [0.1, 0.15) is 28.9 Å². The van der Waals surface area contributed by atoms with Crippen molar-refractivity contribution in [3.8, 4) is 0 Å². The van der Waals surface area contributed by atoms with Crippen LogP contribution >= 0.6 is 22.9 Å². The maximum atomic E-state index is 13.2. The van der Waals surface area contributed by atoms with E-state index in [1.54, 1.807) is 6.07 Å². The summed E-state index contributed by atoms with van der Waals surface area (Å²) in [5.41, 5.74) is 0. The molecule has 1 aliphatic carbocycles. The zero-order valence-corrected chi connectivity index (χ0v) is 12.5. The van der Waals surface area contributed by atoms with E-state index >= 15 is 0 Å². The van der Waals surface area contributed by atoms with Crippen molar-refractivity contribution < 1.29 is 9.18 Å². The Morgan fingerprint density at radius 2 is 2.20 bits per heavy atom. The van der Waals surface area contributed by atoms with E-state index in [9.17, 15) is 9.18 Å². The summed E-state index contributed by atoms with van der Waals surface area (Å²) in [7, 11) is 0. The molecule has 0 spiro atoms. The SMILES string of the molecule is O=C(c1cc2ccc(F)cc2s1)N(CCCl)C1CCC1. The van der Waals surface area contributed by atoms with E-state index in [1.807, 2.05) is 11.0 Å². The van der Waals surface area contributed by atoms with Gasteiger partial charge in [-0.05, 0) is 42.8 Å². The van der Waals surface area contributed by atoms with E-state index in [0.717, 1.165) is 22.9 Å². The Morgan fingerprint density at radius 3 is 2.85 bits per heavy atom. The molecule has 3 rings (SSSR count). The van der Waals surface area contributed by atoms with E-state index in [0.29, 0.717) is 23.3 Å². The Labute approximate surface area is 126 Å². The van der Waals surface area contributed by atoms with Gasteiger partial charge in [0.05, 0.1) is 4.88 Å². The van der Waals surface area contributed by atoms with Gasteiger partial charge in [0.25, 0.3) is 5.91 Å². The van der Waals surface area contributed by atoms with Gasteiger partial charge in [0.2, 0.25) is 0 Å². The van der Waals surface area contributed by atoms with Gasteiger partial charge >= 0.3 is 0 Å². The highest BCUT2D eigenvalue weighted by atomic mass is 35.5. The summed E-state index contributed by atoms with van der Waals surface area (Å²) in [4.78, 5) is 15.1. The van der Waals surface area contributed by atoms with Crippen LogP contribution in [0.25, 0.3) is 10.1 Å². The van der Waals surface area contributed by atoms with Gasteiger partial charge in [-0.15, -0.1) is 22.9 Å². The zero-order chi connectivity index (χ0) is 14.1. The number of alkyl halides is 1. The molecule has 1 fully saturated rings. The Kier molecular flexibility index (Phi) is 3.94. The predicted molar refractivity (Wildman–Crippen MR) is 81.2 cm³/mol. The minimum atomic E-state index is -0.269. The first-order valence-corrected chi connectivity index (χ1v) is 8.10. The number of hydrogen-bond acceptors (Lipinski definition) is 2. The van der Waals surface area contributed by atoms with Crippen LogP contribution < -0.4 is 0 Å². The van der Waals surface area contributed by atoms with Gasteiger partial charge in [0.15, 0.2) is 0 Å². The van der Waals surface area contributed by atoms with Gasteiger partial charge in [0.1, 0.15) is 5.82 Å². The van der Waals surface area contributed by atoms with Crippen LogP contribution in [0.2, 0.25) is 0 Å². The average molecular weight is 312 g/mol. The number of benzene rings is 1. The highest BCUT2D eigenvalue weighted by Gasteiger charge is 2.29. The standard InChI is InChI=1S/C15H15ClFNOS/c16-6-7-18(12-2-1-3-12)15(19)14-8-10-4-5-11(17)9-13(10)20-14/h4-5,8-9,12H,1-3,6-7H2. The van der Waals surface area contributed by atoms with Crippen molar-refractivity contribution >= 4 is 38.9 Å². The van der Waals surface area contributed by atoms with Crippen molar-refractivity contribution in [2.45, 2.75) is 25.3 Å². The smallest absolute Gasteiger partial charge is 0.264 e. The molecule has 1 amide bonds. The quantitative estimate of drug-likeness (QED) is 0.772. The molecule has 5 heteroatoms. The molecule has 0 radical (unpaired) electrons. The van der Waals surface area contributed by atoms with Gasteiger partial charge in [-0.2, -0.15) is 0 Å². The van der Waals surface area contributed by atoms with Crippen LogP contribution in [0.15, 0.2) is 24.3 Å². The minimum absolute atomic E-state index is 0.0250. The maximum Gasteiger partial charge on any atom is 0.264 e. The molecule has 0 saturated heterocycles. The zero-order valence-electron chi connectivity index (χ0n) is 10.9. The molecule has 1 aromatic carbocycles. The summed E-state index contributed by atoms with van der Waals surface area (Å²) < 4.78 is 14.0. The first-order chi connectivity index (χ1) is 9.69. The molecule has 106 valence electrons. The van der Waals surface area contributed by atoms with Crippen molar-refractivity contribution in [2.75, 3.05) is 12.4 Å². The minimum Gasteiger partial charge on any atom is -0.334 e. The highest BCUT2D eigenvalue weighted by molar-refractivity contribution is 7.20. The molecule has 1 saturated carbocycles. The topological polar surface area (TPSA) is 20.3 Å². The second-order valence-corrected chi connectivity index (χ2v) is 6.53. The summed E-state index contributed by atoms with van der Waals surface area (Å²) in [6, 6.07) is 6.79. The summed E-state index contributed by atoms with van der Waals surface area (Å²) in [6.07, 6.45) is 3.29. The largest absolute Gasteiger partial charge is 0.334 e. The second kappa shape index (κ2) is 5.70. The molecular weight excluding hydrogens is 297 g/mol. The van der Waals surface area contributed by atoms with E-state index in [4.69, 9.17) is 11.6 Å². The van der Waals surface area contributed by atoms with Crippen LogP contribution in [0.4, 0.5) is 4.39 Å². The molecule has 0 N–H and O–H groups in total. The van der Waals surface area contributed by atoms with Crippen molar-refractivity contribution in [3.63, 3.8) is 0 Å². The maximum absolute atomic E-state index is 13.2. The lowest BCUT2D eigenvalue weighted by Crippen LogP contribution is -2.45. The third kappa shape index (κ3) is 2.54. The Morgan fingerprint density at radius 1 is 1.40 bits per heavy atom. The third-order valence-electron chi connectivity index (χ3n) is 3.79. The molecule has 0 aliphatic heterocycles. The lowest BCUT2D eigenvalue weighted by Gasteiger charge is -2.37. The van der Waals surface area contributed by atoms with Crippen LogP contribution in [0.5, 0.6) is 0 Å². The molecule has 2 aromatic rings. The molecule has 1 heterocycles. The number of hydrogen-bond donors (Lipinski definition) is 0. The van der Waals surface area contributed by atoms with Gasteiger partial charge in [0, 0.05) is 23.2 Å². The van der Waals surface area contributed by atoms with E-state index in [1.165, 1.54) is 29.9 Å². The van der Waals surface area contributed by atoms with Crippen LogP contribution in [0, 0.1) is 5.82 Å². The first-order valence-electron chi connectivity index (χ1n) is 6.75. The van der Waals surface area contributed by atoms with Crippen molar-refractivity contribution in [1.82, 2.24) is 4.90 Å². The summed E-state index contributed by atoms with van der Waals surface area (Å²) >= 11 is 7.16. The number of halogens is 2. The summed E-state index contributed by atoms with van der Waals surface area (Å²) in [5, 5.41) is 0.916. The van der Waals surface area contributed by atoms with Crippen molar-refractivity contribution in [3.05, 3.63) is 35.0 Å². The van der Waals surface area contributed by atoms with Gasteiger partial charge in [-0.3, -0.25) is 4.79 Å². The lowest BCUT2D eigenvalue weighted by atomic mass is 9.91. The third-order valence-corrected chi connectivity index (χ3v) is 5.05. The van der Waals surface area contributed by atoms with Gasteiger partial charge in [-0.25, -0.2) is 4.39 Å². The monoisotopic (exact) mass is 311 g/mol. The number of nitrogens with zero attached hydrogens (tertiary/aromatic N) is 1. The highest BCUT2D eigenvalue weighted by Crippen LogP contribution is 2.31. The molecule has 0 unspecified atom stereocenters. The van der Waals surface area contributed by atoms with Crippen LogP contribution in [-0.4, -0.2) is 29.3 Å². The van der Waals surface area contributed by atoms with Crippen LogP contribution in [0.3, 0.4) is 0 Å². The first kappa shape index (κ1) is 13.8. The van der Waals surface area contributed by atoms with Crippen molar-refractivity contribution in [2.24, 2.45) is 0 Å². The Hall–Kier alpha value is -1.13. The van der Waals surface area contributed by atoms with Crippen molar-refractivity contribution in [1.29, 1.82) is 0 Å². The predicted octanol–water partition coefficient (Wildman–Crippen LogP) is 4.27. The summed E-state index contributed by atoms with van der Waals surface area (Å²) in [5.74, 6) is 0.203. The lowest BCUT2D eigenvalue weighted by molar-refractivity contribution is 0.0603. The normalized spacial score (nSPS) is 15.3. The molecule has 1 aliphatic rings. The number of amides is 1. The number of thiophene rings is 1. The fraction of sp³-hybridized carbons (Fsp3) is 0.400. The molecule has 20 heavy (non-hydrogen) atoms. The van der Waals surface area contributed by atoms with Gasteiger partial charge < -0.3 is 4.90 Å². The number of carbonyl (C=O) groups is 1. The number of fused-ring (bicyclic) bond motifs is 1. The summed E-state index contributed by atoms with van der Waals surface area (Å²) in [6.45, 7) is 0.577. The average Bonchev–Trinajstić information content (AvgIpc) is 2.78. The second-order valence-electron chi connectivity index (χ2n) is 5.07. The number of carbonyl (C=O) groups excluding carboxylic acids is 1. The molecular formula is C15H15ClFNOS. The molecule has 1 aromatic heterocycles. The van der Waals surface area contributed by atoms with E-state index < -0.39 is 0 Å². The Bertz CT molecular complexity index is 638. The fourth-order valence-corrected chi connectivity index (χ4v) is 3.72. The molecule has 0 atom stereocenters.